The number of hydrogen-bond donors (Lipinski definition) is 1. The maximum atomic E-state index is 13.8. The minimum Gasteiger partial charge on any atom is -0.346 e. The van der Waals surface area contributed by atoms with E-state index in [0.29, 0.717) is 17.2 Å². The molecule has 3 rings (SSSR count). The van der Waals surface area contributed by atoms with Gasteiger partial charge in [0.25, 0.3) is 5.69 Å². The highest BCUT2D eigenvalue weighted by Gasteiger charge is 2.20. The van der Waals surface area contributed by atoms with Crippen molar-refractivity contribution in [3.8, 4) is 0 Å². The molecule has 2 aromatic carbocycles. The Morgan fingerprint density at radius 2 is 1.77 bits per heavy atom. The number of nitrogens with one attached hydrogen (secondary N) is 1. The van der Waals surface area contributed by atoms with E-state index in [1.54, 1.807) is 18.2 Å². The summed E-state index contributed by atoms with van der Waals surface area (Å²) in [7, 11) is 0. The Labute approximate surface area is 156 Å². The molecule has 1 saturated heterocycles. The van der Waals surface area contributed by atoms with Gasteiger partial charge in [-0.25, -0.2) is 4.39 Å². The highest BCUT2D eigenvalue weighted by Crippen LogP contribution is 2.17. The molecule has 1 fully saturated rings. The van der Waals surface area contributed by atoms with Crippen molar-refractivity contribution in [2.45, 2.75) is 6.54 Å². The fourth-order valence-corrected chi connectivity index (χ4v) is 3.15. The fraction of sp³-hybridized carbons (Fsp3) is 0.278. The van der Waals surface area contributed by atoms with Crippen molar-refractivity contribution in [3.63, 3.8) is 0 Å². The Balaban J connectivity index is 1.50. The zero-order chi connectivity index (χ0) is 18.5. The third-order valence-corrected chi connectivity index (χ3v) is 4.70. The van der Waals surface area contributed by atoms with Crippen LogP contribution in [0.2, 0.25) is 0 Å². The molecule has 0 atom stereocenters. The van der Waals surface area contributed by atoms with Gasteiger partial charge in [-0.05, 0) is 30.4 Å². The lowest BCUT2D eigenvalue weighted by Gasteiger charge is -2.36. The first-order valence-electron chi connectivity index (χ1n) is 8.29. The number of halogens is 1. The van der Waals surface area contributed by atoms with Gasteiger partial charge in [-0.3, -0.25) is 15.0 Å². The molecule has 0 aromatic heterocycles. The van der Waals surface area contributed by atoms with Gasteiger partial charge in [-0.15, -0.1) is 0 Å². The van der Waals surface area contributed by atoms with Gasteiger partial charge < -0.3 is 10.2 Å². The number of non-ortho nitro benzene ring substituents is 1. The third-order valence-electron chi connectivity index (χ3n) is 4.34. The molecule has 1 heterocycles. The summed E-state index contributed by atoms with van der Waals surface area (Å²) in [5.41, 5.74) is 1.46. The van der Waals surface area contributed by atoms with Crippen LogP contribution in [0.25, 0.3) is 0 Å². The molecule has 1 N–H and O–H groups in total. The Hall–Kier alpha value is -2.58. The number of nitro benzene ring substituents is 1. The van der Waals surface area contributed by atoms with E-state index in [1.807, 2.05) is 12.1 Å². The summed E-state index contributed by atoms with van der Waals surface area (Å²) in [4.78, 5) is 14.5. The average molecular weight is 374 g/mol. The molecule has 6 nitrogen and oxygen atoms in total. The number of rotatable bonds is 4. The van der Waals surface area contributed by atoms with E-state index in [-0.39, 0.29) is 11.5 Å². The minimum absolute atomic E-state index is 0.0447. The van der Waals surface area contributed by atoms with Crippen LogP contribution in [0.4, 0.5) is 15.8 Å². The smallest absolute Gasteiger partial charge is 0.269 e. The van der Waals surface area contributed by atoms with Crippen molar-refractivity contribution in [2.75, 3.05) is 31.5 Å². The normalized spacial score (nSPS) is 14.9. The van der Waals surface area contributed by atoms with Crippen molar-refractivity contribution in [1.82, 2.24) is 9.80 Å². The van der Waals surface area contributed by atoms with E-state index in [0.717, 1.165) is 31.9 Å². The van der Waals surface area contributed by atoms with Crippen molar-refractivity contribution >= 4 is 28.7 Å². The van der Waals surface area contributed by atoms with Gasteiger partial charge in [0, 0.05) is 56.1 Å². The number of benzene rings is 2. The van der Waals surface area contributed by atoms with Gasteiger partial charge in [-0.2, -0.15) is 0 Å². The van der Waals surface area contributed by atoms with Crippen LogP contribution in [0.1, 0.15) is 5.56 Å². The van der Waals surface area contributed by atoms with E-state index in [4.69, 9.17) is 12.2 Å². The lowest BCUT2D eigenvalue weighted by Crippen LogP contribution is -2.49. The molecule has 0 radical (unpaired) electrons. The van der Waals surface area contributed by atoms with Crippen LogP contribution in [0, 0.1) is 15.9 Å². The lowest BCUT2D eigenvalue weighted by molar-refractivity contribution is -0.384. The number of nitrogens with zero attached hydrogens (tertiary/aromatic N) is 3. The van der Waals surface area contributed by atoms with Crippen LogP contribution < -0.4 is 5.32 Å². The predicted molar refractivity (Wildman–Crippen MR) is 103 cm³/mol. The molecule has 2 aromatic rings. The van der Waals surface area contributed by atoms with Gasteiger partial charge in [-0.1, -0.05) is 18.2 Å². The lowest BCUT2D eigenvalue weighted by atomic mass is 10.2. The van der Waals surface area contributed by atoms with Gasteiger partial charge in [0.2, 0.25) is 0 Å². The molecular formula is C18H19FN4O2S. The maximum absolute atomic E-state index is 13.8. The Bertz CT molecular complexity index is 792. The van der Waals surface area contributed by atoms with Gasteiger partial charge in [0.05, 0.1) is 4.92 Å². The zero-order valence-electron chi connectivity index (χ0n) is 14.1. The van der Waals surface area contributed by atoms with E-state index in [1.165, 1.54) is 18.2 Å². The van der Waals surface area contributed by atoms with Gasteiger partial charge in [0.1, 0.15) is 5.82 Å². The summed E-state index contributed by atoms with van der Waals surface area (Å²) in [6.07, 6.45) is 0. The molecule has 0 amide bonds. The van der Waals surface area contributed by atoms with Crippen LogP contribution in [-0.2, 0) is 6.54 Å². The molecule has 0 unspecified atom stereocenters. The first kappa shape index (κ1) is 18.2. The van der Waals surface area contributed by atoms with E-state index in [2.05, 4.69) is 15.1 Å². The van der Waals surface area contributed by atoms with Gasteiger partial charge in [0.15, 0.2) is 5.11 Å². The van der Waals surface area contributed by atoms with Crippen molar-refractivity contribution in [2.24, 2.45) is 0 Å². The highest BCUT2D eigenvalue weighted by atomic mass is 32.1. The molecule has 0 aliphatic carbocycles. The summed E-state index contributed by atoms with van der Waals surface area (Å²) in [6, 6.07) is 13.0. The zero-order valence-corrected chi connectivity index (χ0v) is 14.9. The molecule has 8 heteroatoms. The number of piperazine rings is 1. The standard InChI is InChI=1S/C18H19FN4O2S/c19-17-4-2-1-3-14(17)13-21-9-11-22(12-10-21)18(26)20-15-5-7-16(8-6-15)23(24)25/h1-8H,9-13H2,(H,20,26). The van der Waals surface area contributed by atoms with Gasteiger partial charge >= 0.3 is 0 Å². The highest BCUT2D eigenvalue weighted by molar-refractivity contribution is 7.80. The molecule has 1 aliphatic heterocycles. The van der Waals surface area contributed by atoms with Crippen LogP contribution in [0.3, 0.4) is 0 Å². The second kappa shape index (κ2) is 8.20. The fourth-order valence-electron chi connectivity index (χ4n) is 2.85. The average Bonchev–Trinajstić information content (AvgIpc) is 2.64. The SMILES string of the molecule is O=[N+]([O-])c1ccc(NC(=S)N2CCN(Cc3ccccc3F)CC2)cc1. The first-order chi connectivity index (χ1) is 12.5. The number of thiocarbonyl (C=S) groups is 1. The third kappa shape index (κ3) is 4.53. The van der Waals surface area contributed by atoms with Crippen molar-refractivity contribution in [1.29, 1.82) is 0 Å². The summed E-state index contributed by atoms with van der Waals surface area (Å²) in [6.45, 7) is 3.65. The van der Waals surface area contributed by atoms with Crippen LogP contribution >= 0.6 is 12.2 Å². The molecule has 26 heavy (non-hydrogen) atoms. The summed E-state index contributed by atoms with van der Waals surface area (Å²) >= 11 is 5.43. The quantitative estimate of drug-likeness (QED) is 0.504. The Kier molecular flexibility index (Phi) is 5.75. The molecule has 136 valence electrons. The van der Waals surface area contributed by atoms with E-state index in [9.17, 15) is 14.5 Å². The maximum Gasteiger partial charge on any atom is 0.269 e. The first-order valence-corrected chi connectivity index (χ1v) is 8.70. The van der Waals surface area contributed by atoms with Crippen LogP contribution in [-0.4, -0.2) is 46.0 Å². The van der Waals surface area contributed by atoms with Crippen molar-refractivity contribution < 1.29 is 9.31 Å². The minimum atomic E-state index is -0.434. The Morgan fingerprint density at radius 3 is 2.38 bits per heavy atom. The molecule has 0 spiro atoms. The number of anilines is 1. The number of nitro groups is 1. The topological polar surface area (TPSA) is 61.7 Å². The van der Waals surface area contributed by atoms with Crippen molar-refractivity contribution in [3.05, 3.63) is 70.0 Å². The number of hydrogen-bond acceptors (Lipinski definition) is 4. The predicted octanol–water partition coefficient (Wildman–Crippen LogP) is 3.25. The molecule has 0 saturated carbocycles. The summed E-state index contributed by atoms with van der Waals surface area (Å²) in [5.74, 6) is -0.176. The van der Waals surface area contributed by atoms with E-state index < -0.39 is 4.92 Å². The molecular weight excluding hydrogens is 355 g/mol. The monoisotopic (exact) mass is 374 g/mol. The summed E-state index contributed by atoms with van der Waals surface area (Å²) in [5, 5.41) is 14.4. The summed E-state index contributed by atoms with van der Waals surface area (Å²) < 4.78 is 13.8. The molecule has 1 aliphatic rings. The molecule has 0 bridgehead atoms. The second-order valence-corrected chi connectivity index (χ2v) is 6.48. The van der Waals surface area contributed by atoms with Crippen LogP contribution in [0.15, 0.2) is 48.5 Å². The largest absolute Gasteiger partial charge is 0.346 e. The Morgan fingerprint density at radius 1 is 1.12 bits per heavy atom. The second-order valence-electron chi connectivity index (χ2n) is 6.09. The van der Waals surface area contributed by atoms with E-state index >= 15 is 0 Å². The van der Waals surface area contributed by atoms with Crippen LogP contribution in [0.5, 0.6) is 0 Å².